The molecule has 0 amide bonds. The first-order valence-corrected chi connectivity index (χ1v) is 14.1. The van der Waals surface area contributed by atoms with Gasteiger partial charge in [-0.3, -0.25) is 9.59 Å². The van der Waals surface area contributed by atoms with Gasteiger partial charge in [-0.05, 0) is 53.5 Å². The number of hydrogen-bond acceptors (Lipinski definition) is 4. The number of ether oxygens (including phenoxy) is 1. The van der Waals surface area contributed by atoms with Gasteiger partial charge in [-0.2, -0.15) is 0 Å². The van der Waals surface area contributed by atoms with Crippen LogP contribution in [0.4, 0.5) is 0 Å². The van der Waals surface area contributed by atoms with Crippen molar-refractivity contribution < 1.29 is 14.3 Å². The van der Waals surface area contributed by atoms with E-state index in [0.29, 0.717) is 55.4 Å². The highest BCUT2D eigenvalue weighted by Gasteiger charge is 2.46. The molecule has 5 rings (SSSR count). The molecule has 38 heavy (non-hydrogen) atoms. The van der Waals surface area contributed by atoms with Gasteiger partial charge < -0.3 is 10.1 Å². The minimum atomic E-state index is -0.525. The van der Waals surface area contributed by atoms with Crippen molar-refractivity contribution in [3.05, 3.63) is 84.1 Å². The Kier molecular flexibility index (Phi) is 7.18. The second-order valence-corrected chi connectivity index (χ2v) is 13.7. The highest BCUT2D eigenvalue weighted by molar-refractivity contribution is 6.37. The molecule has 0 bridgehead atoms. The number of carbonyl (C=O) groups excluding carboxylic acids is 2. The van der Waals surface area contributed by atoms with Crippen molar-refractivity contribution in [3.8, 4) is 5.75 Å². The molecule has 2 aromatic carbocycles. The molecule has 0 saturated carbocycles. The second kappa shape index (κ2) is 9.89. The molecule has 3 aliphatic rings. The quantitative estimate of drug-likeness (QED) is 0.385. The minimum Gasteiger partial charge on any atom is -0.486 e. The van der Waals surface area contributed by atoms with Gasteiger partial charge in [0.25, 0.3) is 0 Å². The molecule has 1 N–H and O–H groups in total. The van der Waals surface area contributed by atoms with E-state index in [9.17, 15) is 9.59 Å². The van der Waals surface area contributed by atoms with Crippen molar-refractivity contribution in [1.82, 2.24) is 5.32 Å². The number of halogens is 4. The molecule has 8 heteroatoms. The Morgan fingerprint density at radius 3 is 1.82 bits per heavy atom. The van der Waals surface area contributed by atoms with Gasteiger partial charge in [-0.1, -0.05) is 80.2 Å². The molecule has 0 fully saturated rings. The fourth-order valence-electron chi connectivity index (χ4n) is 5.89. The van der Waals surface area contributed by atoms with Crippen molar-refractivity contribution in [2.75, 3.05) is 0 Å². The fraction of sp³-hybridized carbons (Fsp3) is 0.400. The molecule has 1 heterocycles. The molecule has 0 radical (unpaired) electrons. The van der Waals surface area contributed by atoms with Crippen LogP contribution in [0.15, 0.2) is 52.9 Å². The van der Waals surface area contributed by atoms with E-state index >= 15 is 0 Å². The summed E-state index contributed by atoms with van der Waals surface area (Å²) in [6, 6.07) is 8.68. The lowest BCUT2D eigenvalue weighted by Gasteiger charge is -2.44. The standard InChI is InChI=1S/C30H29Cl4NO3/c1-29(2)10-21-26(23(36)12-29)25(27-22(35-21)11-30(3,4)13-24(27)37)16-7-19(33)28(20(34)8-16)38-14-15-5-6-17(31)9-18(15)32/h5-9,25,35H,10-14H2,1-4H3. The average molecular weight is 593 g/mol. The Morgan fingerprint density at radius 1 is 0.789 bits per heavy atom. The number of benzene rings is 2. The Balaban J connectivity index is 1.56. The van der Waals surface area contributed by atoms with Crippen molar-refractivity contribution in [3.63, 3.8) is 0 Å². The summed E-state index contributed by atoms with van der Waals surface area (Å²) < 4.78 is 5.97. The number of ketones is 2. The van der Waals surface area contributed by atoms with Crippen LogP contribution in [0, 0.1) is 10.8 Å². The number of carbonyl (C=O) groups is 2. The molecule has 0 saturated heterocycles. The van der Waals surface area contributed by atoms with Gasteiger partial charge in [-0.15, -0.1) is 0 Å². The SMILES string of the molecule is CC1(C)CC(=O)C2=C(C1)NC1=C(C(=O)CC(C)(C)C1)C2c1cc(Cl)c(OCc2ccc(Cl)cc2Cl)c(Cl)c1. The van der Waals surface area contributed by atoms with Gasteiger partial charge >= 0.3 is 0 Å². The molecule has 0 unspecified atom stereocenters. The first-order chi connectivity index (χ1) is 17.7. The number of allylic oxidation sites excluding steroid dienone is 4. The molecular weight excluding hydrogens is 564 g/mol. The Morgan fingerprint density at radius 2 is 1.32 bits per heavy atom. The summed E-state index contributed by atoms with van der Waals surface area (Å²) in [7, 11) is 0. The molecular formula is C30H29Cl4NO3. The summed E-state index contributed by atoms with van der Waals surface area (Å²) in [6.07, 6.45) is 2.27. The Hall–Kier alpha value is -1.98. The maximum atomic E-state index is 13.5. The lowest BCUT2D eigenvalue weighted by Crippen LogP contribution is -2.42. The summed E-state index contributed by atoms with van der Waals surface area (Å²) in [5.41, 5.74) is 4.18. The Bertz CT molecular complexity index is 1360. The molecule has 0 aromatic heterocycles. The number of rotatable bonds is 4. The van der Waals surface area contributed by atoms with Gasteiger partial charge in [0.2, 0.25) is 0 Å². The van der Waals surface area contributed by atoms with Crippen LogP contribution in [0.3, 0.4) is 0 Å². The highest BCUT2D eigenvalue weighted by Crippen LogP contribution is 2.52. The molecule has 200 valence electrons. The molecule has 1 aliphatic heterocycles. The van der Waals surface area contributed by atoms with Crippen LogP contribution in [0.5, 0.6) is 5.75 Å². The largest absolute Gasteiger partial charge is 0.486 e. The van der Waals surface area contributed by atoms with E-state index in [1.54, 1.807) is 30.3 Å². The van der Waals surface area contributed by atoms with E-state index in [1.165, 1.54) is 0 Å². The van der Waals surface area contributed by atoms with Crippen LogP contribution in [0.25, 0.3) is 0 Å². The van der Waals surface area contributed by atoms with Crippen molar-refractivity contribution in [1.29, 1.82) is 0 Å². The zero-order valence-corrected chi connectivity index (χ0v) is 24.8. The maximum absolute atomic E-state index is 13.5. The topological polar surface area (TPSA) is 55.4 Å². The second-order valence-electron chi connectivity index (χ2n) is 12.1. The smallest absolute Gasteiger partial charge is 0.162 e. The van der Waals surface area contributed by atoms with E-state index in [0.717, 1.165) is 29.8 Å². The summed E-state index contributed by atoms with van der Waals surface area (Å²) in [6.45, 7) is 8.53. The van der Waals surface area contributed by atoms with Gasteiger partial charge in [0.15, 0.2) is 17.3 Å². The van der Waals surface area contributed by atoms with Gasteiger partial charge in [0.05, 0.1) is 10.0 Å². The van der Waals surface area contributed by atoms with Crippen LogP contribution in [0.1, 0.15) is 70.4 Å². The third-order valence-corrected chi connectivity index (χ3v) is 8.61. The predicted octanol–water partition coefficient (Wildman–Crippen LogP) is 8.85. The maximum Gasteiger partial charge on any atom is 0.162 e. The molecule has 0 atom stereocenters. The van der Waals surface area contributed by atoms with Crippen LogP contribution in [-0.4, -0.2) is 11.6 Å². The zero-order chi connectivity index (χ0) is 27.6. The van der Waals surface area contributed by atoms with Gasteiger partial charge in [0.1, 0.15) is 6.61 Å². The lowest BCUT2D eigenvalue weighted by molar-refractivity contribution is -0.119. The van der Waals surface area contributed by atoms with E-state index < -0.39 is 5.92 Å². The van der Waals surface area contributed by atoms with Crippen molar-refractivity contribution in [2.45, 2.75) is 65.9 Å². The zero-order valence-electron chi connectivity index (χ0n) is 21.7. The average Bonchev–Trinajstić information content (AvgIpc) is 2.76. The summed E-state index contributed by atoms with van der Waals surface area (Å²) >= 11 is 25.7. The molecule has 0 spiro atoms. The number of Topliss-reactive ketones (excluding diaryl/α,β-unsaturated/α-hetero) is 2. The van der Waals surface area contributed by atoms with Crippen LogP contribution < -0.4 is 10.1 Å². The summed E-state index contributed by atoms with van der Waals surface area (Å²) in [5, 5.41) is 5.13. The van der Waals surface area contributed by atoms with Crippen LogP contribution in [0.2, 0.25) is 20.1 Å². The van der Waals surface area contributed by atoms with Crippen LogP contribution in [-0.2, 0) is 16.2 Å². The number of hydrogen-bond donors (Lipinski definition) is 1. The van der Waals surface area contributed by atoms with E-state index in [2.05, 4.69) is 33.0 Å². The van der Waals surface area contributed by atoms with Crippen molar-refractivity contribution in [2.24, 2.45) is 10.8 Å². The number of dihydropyridines is 1. The molecule has 4 nitrogen and oxygen atoms in total. The molecule has 2 aromatic rings. The normalized spacial score (nSPS) is 20.7. The van der Waals surface area contributed by atoms with Crippen molar-refractivity contribution >= 4 is 58.0 Å². The summed E-state index contributed by atoms with van der Waals surface area (Å²) in [4.78, 5) is 27.1. The number of nitrogens with one attached hydrogen (secondary N) is 1. The van der Waals surface area contributed by atoms with Gasteiger partial charge in [-0.25, -0.2) is 0 Å². The third-order valence-electron chi connectivity index (χ3n) is 7.46. The molecule has 2 aliphatic carbocycles. The first kappa shape index (κ1) is 27.6. The first-order valence-electron chi connectivity index (χ1n) is 12.6. The monoisotopic (exact) mass is 591 g/mol. The lowest BCUT2D eigenvalue weighted by atomic mass is 9.64. The fourth-order valence-corrected chi connectivity index (χ4v) is 6.97. The van der Waals surface area contributed by atoms with E-state index in [1.807, 2.05) is 0 Å². The highest BCUT2D eigenvalue weighted by atomic mass is 35.5. The summed E-state index contributed by atoms with van der Waals surface area (Å²) in [5.74, 6) is -0.123. The predicted molar refractivity (Wildman–Crippen MR) is 153 cm³/mol. The third kappa shape index (κ3) is 5.25. The van der Waals surface area contributed by atoms with E-state index in [-0.39, 0.29) is 29.0 Å². The van der Waals surface area contributed by atoms with Crippen LogP contribution >= 0.6 is 46.4 Å². The van der Waals surface area contributed by atoms with E-state index in [4.69, 9.17) is 51.1 Å². The Labute approximate surface area is 243 Å². The minimum absolute atomic E-state index is 0.0443. The van der Waals surface area contributed by atoms with Gasteiger partial charge in [0, 0.05) is 56.9 Å².